The first-order valence-corrected chi connectivity index (χ1v) is 10.6. The number of nitrogens with zero attached hydrogens (tertiary/aromatic N) is 1. The predicted octanol–water partition coefficient (Wildman–Crippen LogP) is 5.63. The van der Waals surface area contributed by atoms with E-state index in [0.29, 0.717) is 0 Å². The minimum atomic E-state index is -1.75. The summed E-state index contributed by atoms with van der Waals surface area (Å²) in [5.41, 5.74) is 2.26. The Hall–Kier alpha value is -0.193. The lowest BCUT2D eigenvalue weighted by atomic mass is 10.1. The van der Waals surface area contributed by atoms with Gasteiger partial charge in [-0.1, -0.05) is 27.7 Å². The molecule has 0 unspecified atom stereocenters. The number of halogens is 1. The topological polar surface area (TPSA) is 22.1 Å². The number of aryl methyl sites for hydroxylation is 1. The quantitative estimate of drug-likeness (QED) is 0.661. The van der Waals surface area contributed by atoms with Crippen LogP contribution in [-0.4, -0.2) is 13.3 Å². The molecule has 0 saturated heterocycles. The Kier molecular flexibility index (Phi) is 5.38. The molecule has 1 heterocycles. The molecule has 0 aliphatic rings. The lowest BCUT2D eigenvalue weighted by Gasteiger charge is -2.39. The molecule has 1 rings (SSSR count). The van der Waals surface area contributed by atoms with E-state index in [1.54, 1.807) is 0 Å². The number of rotatable bonds is 4. The SMILES string of the molecule is CC[C@H](O[Si](C)(C)C(C)(C)C)c1cc(C)c(Br)cn1. The van der Waals surface area contributed by atoms with Crippen molar-refractivity contribution in [1.29, 1.82) is 0 Å². The Balaban J connectivity index is 2.99. The Labute approximate surface area is 127 Å². The summed E-state index contributed by atoms with van der Waals surface area (Å²) in [5.74, 6) is 0. The minimum absolute atomic E-state index is 0.104. The normalized spacial score (nSPS) is 14.5. The van der Waals surface area contributed by atoms with E-state index in [4.69, 9.17) is 4.43 Å². The van der Waals surface area contributed by atoms with Crippen LogP contribution >= 0.6 is 15.9 Å². The Morgan fingerprint density at radius 3 is 2.37 bits per heavy atom. The maximum absolute atomic E-state index is 6.49. The molecule has 0 spiro atoms. The third-order valence-corrected chi connectivity index (χ3v) is 9.33. The van der Waals surface area contributed by atoms with Crippen LogP contribution in [0.2, 0.25) is 18.1 Å². The number of pyridine rings is 1. The van der Waals surface area contributed by atoms with E-state index < -0.39 is 8.32 Å². The zero-order valence-electron chi connectivity index (χ0n) is 13.2. The molecule has 2 nitrogen and oxygen atoms in total. The van der Waals surface area contributed by atoms with Crippen LogP contribution in [0.3, 0.4) is 0 Å². The van der Waals surface area contributed by atoms with Crippen LogP contribution in [0.5, 0.6) is 0 Å². The highest BCUT2D eigenvalue weighted by Crippen LogP contribution is 2.40. The first-order chi connectivity index (χ1) is 8.58. The summed E-state index contributed by atoms with van der Waals surface area (Å²) in [7, 11) is -1.75. The molecular formula is C15H26BrNOSi. The van der Waals surface area contributed by atoms with Crippen LogP contribution < -0.4 is 0 Å². The van der Waals surface area contributed by atoms with E-state index in [1.807, 2.05) is 6.20 Å². The highest BCUT2D eigenvalue weighted by molar-refractivity contribution is 9.10. The highest BCUT2D eigenvalue weighted by atomic mass is 79.9. The monoisotopic (exact) mass is 343 g/mol. The van der Waals surface area contributed by atoms with Crippen molar-refractivity contribution < 1.29 is 4.43 Å². The molecule has 1 aromatic heterocycles. The zero-order chi connectivity index (χ0) is 14.8. The molecule has 0 aromatic carbocycles. The summed E-state index contributed by atoms with van der Waals surface area (Å²) in [6.07, 6.45) is 2.94. The van der Waals surface area contributed by atoms with Gasteiger partial charge in [0.25, 0.3) is 0 Å². The van der Waals surface area contributed by atoms with Crippen molar-refractivity contribution in [2.24, 2.45) is 0 Å². The van der Waals surface area contributed by atoms with Crippen molar-refractivity contribution >= 4 is 24.2 Å². The van der Waals surface area contributed by atoms with E-state index in [-0.39, 0.29) is 11.1 Å². The van der Waals surface area contributed by atoms with Crippen molar-refractivity contribution in [2.75, 3.05) is 0 Å². The smallest absolute Gasteiger partial charge is 0.192 e. The van der Waals surface area contributed by atoms with Crippen molar-refractivity contribution in [1.82, 2.24) is 4.98 Å². The second-order valence-corrected chi connectivity index (χ2v) is 12.2. The number of hydrogen-bond donors (Lipinski definition) is 0. The molecule has 0 saturated carbocycles. The van der Waals surface area contributed by atoms with Gasteiger partial charge >= 0.3 is 0 Å². The van der Waals surface area contributed by atoms with Crippen LogP contribution in [0, 0.1) is 6.92 Å². The summed E-state index contributed by atoms with van der Waals surface area (Å²) in [6.45, 7) is 15.7. The number of hydrogen-bond acceptors (Lipinski definition) is 2. The standard InChI is InChI=1S/C15H26BrNOSi/c1-8-14(18-19(6,7)15(3,4)5)13-9-11(2)12(16)10-17-13/h9-10,14H,8H2,1-7H3/t14-/m0/s1. The van der Waals surface area contributed by atoms with Crippen molar-refractivity contribution in [2.45, 2.75) is 65.3 Å². The first kappa shape index (κ1) is 16.9. The van der Waals surface area contributed by atoms with Crippen LogP contribution in [0.4, 0.5) is 0 Å². The molecule has 0 bridgehead atoms. The van der Waals surface area contributed by atoms with Crippen molar-refractivity contribution in [3.8, 4) is 0 Å². The van der Waals surface area contributed by atoms with Crippen LogP contribution in [0.1, 0.15) is 51.5 Å². The Morgan fingerprint density at radius 2 is 1.95 bits per heavy atom. The van der Waals surface area contributed by atoms with E-state index >= 15 is 0 Å². The van der Waals surface area contributed by atoms with E-state index in [2.05, 4.69) is 74.7 Å². The van der Waals surface area contributed by atoms with Crippen LogP contribution in [0.15, 0.2) is 16.7 Å². The summed E-state index contributed by atoms with van der Waals surface area (Å²) in [6, 6.07) is 2.13. The van der Waals surface area contributed by atoms with Gasteiger partial charge in [-0.3, -0.25) is 4.98 Å². The largest absolute Gasteiger partial charge is 0.408 e. The fourth-order valence-corrected chi connectivity index (χ4v) is 3.19. The fraction of sp³-hybridized carbons (Fsp3) is 0.667. The van der Waals surface area contributed by atoms with Gasteiger partial charge in [0.2, 0.25) is 0 Å². The molecular weight excluding hydrogens is 318 g/mol. The van der Waals surface area contributed by atoms with Crippen LogP contribution in [-0.2, 0) is 4.43 Å². The third-order valence-electron chi connectivity index (χ3n) is 4.01. The number of aromatic nitrogens is 1. The van der Waals surface area contributed by atoms with E-state index in [9.17, 15) is 0 Å². The van der Waals surface area contributed by atoms with Gasteiger partial charge in [-0.05, 0) is 59.0 Å². The average molecular weight is 344 g/mol. The molecule has 0 amide bonds. The first-order valence-electron chi connectivity index (χ1n) is 6.88. The molecule has 0 N–H and O–H groups in total. The predicted molar refractivity (Wildman–Crippen MR) is 88.0 cm³/mol. The lowest BCUT2D eigenvalue weighted by molar-refractivity contribution is 0.175. The van der Waals surface area contributed by atoms with Gasteiger partial charge in [-0.2, -0.15) is 0 Å². The van der Waals surface area contributed by atoms with Gasteiger partial charge < -0.3 is 4.43 Å². The summed E-state index contributed by atoms with van der Waals surface area (Å²) >= 11 is 3.50. The second kappa shape index (κ2) is 6.06. The molecule has 0 fully saturated rings. The van der Waals surface area contributed by atoms with Crippen molar-refractivity contribution in [3.63, 3.8) is 0 Å². The maximum Gasteiger partial charge on any atom is 0.192 e. The molecule has 108 valence electrons. The lowest BCUT2D eigenvalue weighted by Crippen LogP contribution is -2.41. The molecule has 4 heteroatoms. The zero-order valence-corrected chi connectivity index (χ0v) is 15.8. The van der Waals surface area contributed by atoms with Crippen molar-refractivity contribution in [3.05, 3.63) is 28.0 Å². The van der Waals surface area contributed by atoms with Gasteiger partial charge in [-0.15, -0.1) is 0 Å². The van der Waals surface area contributed by atoms with Gasteiger partial charge in [-0.25, -0.2) is 0 Å². The Bertz CT molecular complexity index is 440. The van der Waals surface area contributed by atoms with Gasteiger partial charge in [0.15, 0.2) is 8.32 Å². The molecule has 1 aromatic rings. The van der Waals surface area contributed by atoms with Gasteiger partial charge in [0, 0.05) is 10.7 Å². The van der Waals surface area contributed by atoms with Gasteiger partial charge in [0.05, 0.1) is 11.8 Å². The molecule has 0 aliphatic heterocycles. The van der Waals surface area contributed by atoms with Gasteiger partial charge in [0.1, 0.15) is 0 Å². The maximum atomic E-state index is 6.49. The highest BCUT2D eigenvalue weighted by Gasteiger charge is 2.39. The van der Waals surface area contributed by atoms with E-state index in [0.717, 1.165) is 16.6 Å². The molecule has 1 atom stereocenters. The summed E-state index contributed by atoms with van der Waals surface area (Å²) < 4.78 is 7.55. The summed E-state index contributed by atoms with van der Waals surface area (Å²) in [4.78, 5) is 4.53. The van der Waals surface area contributed by atoms with Crippen LogP contribution in [0.25, 0.3) is 0 Å². The van der Waals surface area contributed by atoms with E-state index in [1.165, 1.54) is 5.56 Å². The third kappa shape index (κ3) is 4.13. The molecule has 0 aliphatic carbocycles. The average Bonchev–Trinajstić information content (AvgIpc) is 2.28. The second-order valence-electron chi connectivity index (χ2n) is 6.63. The summed E-state index contributed by atoms with van der Waals surface area (Å²) in [5, 5.41) is 0.227. The minimum Gasteiger partial charge on any atom is -0.408 e. The Morgan fingerprint density at radius 1 is 1.37 bits per heavy atom. The fourth-order valence-electron chi connectivity index (χ4n) is 1.62. The molecule has 0 radical (unpaired) electrons. The molecule has 19 heavy (non-hydrogen) atoms.